The number of nitrogens with one attached hydrogen (secondary N) is 1. The van der Waals surface area contributed by atoms with E-state index in [1.807, 2.05) is 12.1 Å². The largest absolute Gasteiger partial charge is 0.441 e. The van der Waals surface area contributed by atoms with Crippen molar-refractivity contribution in [3.05, 3.63) is 40.3 Å². The first-order valence-electron chi connectivity index (χ1n) is 6.51. The number of oxazole rings is 1. The van der Waals surface area contributed by atoms with E-state index in [0.29, 0.717) is 21.7 Å². The lowest BCUT2D eigenvalue weighted by molar-refractivity contribution is 0.412. The van der Waals surface area contributed by atoms with Crippen molar-refractivity contribution in [3.8, 4) is 11.3 Å². The van der Waals surface area contributed by atoms with Gasteiger partial charge in [0.15, 0.2) is 11.7 Å². The Morgan fingerprint density at radius 1 is 1.25 bits per heavy atom. The maximum Gasteiger partial charge on any atom is 0.196 e. The van der Waals surface area contributed by atoms with Crippen LogP contribution in [0, 0.1) is 0 Å². The number of aromatic nitrogens is 1. The third-order valence-corrected chi connectivity index (χ3v) is 3.58. The summed E-state index contributed by atoms with van der Waals surface area (Å²) in [5.41, 5.74) is 0.854. The van der Waals surface area contributed by atoms with E-state index in [-0.39, 0.29) is 5.54 Å². The minimum atomic E-state index is 0.0890. The highest BCUT2D eigenvalue weighted by molar-refractivity contribution is 6.43. The van der Waals surface area contributed by atoms with Gasteiger partial charge in [0, 0.05) is 24.1 Å². The Kier molecular flexibility index (Phi) is 4.74. The molecule has 20 heavy (non-hydrogen) atoms. The summed E-state index contributed by atoms with van der Waals surface area (Å²) in [6.07, 6.45) is 2.42. The summed E-state index contributed by atoms with van der Waals surface area (Å²) < 4.78 is 5.73. The van der Waals surface area contributed by atoms with Crippen molar-refractivity contribution in [1.29, 1.82) is 0 Å². The van der Waals surface area contributed by atoms with E-state index in [2.05, 4.69) is 31.1 Å². The Morgan fingerprint density at radius 2 is 2.00 bits per heavy atom. The van der Waals surface area contributed by atoms with E-state index in [0.717, 1.165) is 18.5 Å². The average Bonchev–Trinajstić information content (AvgIpc) is 2.79. The normalized spacial score (nSPS) is 11.8. The van der Waals surface area contributed by atoms with Crippen LogP contribution in [0.1, 0.15) is 26.7 Å². The molecule has 0 aliphatic rings. The molecule has 0 radical (unpaired) electrons. The van der Waals surface area contributed by atoms with Crippen molar-refractivity contribution in [2.45, 2.75) is 32.7 Å². The number of nitrogens with zero attached hydrogens (tertiary/aromatic N) is 1. The fourth-order valence-electron chi connectivity index (χ4n) is 1.79. The van der Waals surface area contributed by atoms with Crippen LogP contribution in [0.5, 0.6) is 0 Å². The van der Waals surface area contributed by atoms with Gasteiger partial charge in [0.25, 0.3) is 0 Å². The molecule has 0 fully saturated rings. The van der Waals surface area contributed by atoms with E-state index in [4.69, 9.17) is 27.6 Å². The monoisotopic (exact) mass is 312 g/mol. The highest BCUT2D eigenvalue weighted by Gasteiger charge is 2.13. The molecule has 1 aromatic carbocycles. The Bertz CT molecular complexity index is 588. The molecule has 0 aliphatic carbocycles. The van der Waals surface area contributed by atoms with Crippen LogP contribution < -0.4 is 5.32 Å². The second kappa shape index (κ2) is 6.17. The van der Waals surface area contributed by atoms with Crippen LogP contribution in [0.2, 0.25) is 10.0 Å². The molecule has 3 nitrogen and oxygen atoms in total. The molecule has 0 unspecified atom stereocenters. The molecule has 0 atom stereocenters. The van der Waals surface area contributed by atoms with Gasteiger partial charge in [-0.05, 0) is 32.9 Å². The second-order valence-electron chi connectivity index (χ2n) is 5.65. The molecule has 0 amide bonds. The molecular formula is C15H18Cl2N2O. The van der Waals surface area contributed by atoms with Gasteiger partial charge in [-0.1, -0.05) is 29.3 Å². The fourth-order valence-corrected chi connectivity index (χ4v) is 2.18. The van der Waals surface area contributed by atoms with E-state index in [1.54, 1.807) is 12.3 Å². The number of rotatable bonds is 4. The Hall–Kier alpha value is -1.03. The van der Waals surface area contributed by atoms with E-state index in [9.17, 15) is 0 Å². The zero-order chi connectivity index (χ0) is 14.8. The molecule has 1 N–H and O–H groups in total. The molecule has 0 bridgehead atoms. The van der Waals surface area contributed by atoms with Gasteiger partial charge >= 0.3 is 0 Å². The second-order valence-corrected chi connectivity index (χ2v) is 6.43. The summed E-state index contributed by atoms with van der Waals surface area (Å²) in [7, 11) is 0. The smallest absolute Gasteiger partial charge is 0.196 e. The number of halogens is 2. The zero-order valence-electron chi connectivity index (χ0n) is 11.8. The number of hydrogen-bond donors (Lipinski definition) is 1. The molecule has 5 heteroatoms. The molecule has 0 spiro atoms. The minimum Gasteiger partial charge on any atom is -0.441 e. The SMILES string of the molecule is CC(C)(C)NCCc1ncc(-c2cccc(Cl)c2Cl)o1. The van der Waals surface area contributed by atoms with Crippen molar-refractivity contribution in [2.75, 3.05) is 6.54 Å². The van der Waals surface area contributed by atoms with Crippen molar-refractivity contribution in [3.63, 3.8) is 0 Å². The standard InChI is InChI=1S/C15H18Cl2N2O/c1-15(2,3)19-8-7-13-18-9-12(20-13)10-5-4-6-11(16)14(10)17/h4-6,9,19H,7-8H2,1-3H3. The molecular weight excluding hydrogens is 295 g/mol. The Labute approximate surface area is 129 Å². The Balaban J connectivity index is 2.07. The maximum absolute atomic E-state index is 6.17. The highest BCUT2D eigenvalue weighted by Crippen LogP contribution is 2.33. The van der Waals surface area contributed by atoms with Crippen LogP contribution >= 0.6 is 23.2 Å². The minimum absolute atomic E-state index is 0.0890. The molecule has 108 valence electrons. The van der Waals surface area contributed by atoms with Crippen LogP contribution in [0.3, 0.4) is 0 Å². The topological polar surface area (TPSA) is 38.1 Å². The summed E-state index contributed by atoms with van der Waals surface area (Å²) >= 11 is 12.2. The molecule has 2 aromatic rings. The van der Waals surface area contributed by atoms with Gasteiger partial charge in [0.1, 0.15) is 0 Å². The molecule has 2 rings (SSSR count). The summed E-state index contributed by atoms with van der Waals surface area (Å²) in [5, 5.41) is 4.39. The van der Waals surface area contributed by atoms with E-state index >= 15 is 0 Å². The van der Waals surface area contributed by atoms with Gasteiger partial charge in [0.05, 0.1) is 16.2 Å². The van der Waals surface area contributed by atoms with Gasteiger partial charge in [-0.25, -0.2) is 4.98 Å². The van der Waals surface area contributed by atoms with Crippen molar-refractivity contribution >= 4 is 23.2 Å². The van der Waals surface area contributed by atoms with Crippen LogP contribution in [-0.2, 0) is 6.42 Å². The predicted octanol–water partition coefficient (Wildman–Crippen LogP) is 4.58. The van der Waals surface area contributed by atoms with E-state index < -0.39 is 0 Å². The van der Waals surface area contributed by atoms with Crippen molar-refractivity contribution in [2.24, 2.45) is 0 Å². The summed E-state index contributed by atoms with van der Waals surface area (Å²) in [6.45, 7) is 7.19. The summed E-state index contributed by atoms with van der Waals surface area (Å²) in [5.74, 6) is 1.33. The Morgan fingerprint density at radius 3 is 2.70 bits per heavy atom. The molecule has 1 aromatic heterocycles. The first-order chi connectivity index (χ1) is 9.37. The predicted molar refractivity (Wildman–Crippen MR) is 83.4 cm³/mol. The van der Waals surface area contributed by atoms with E-state index in [1.165, 1.54) is 0 Å². The third-order valence-electron chi connectivity index (χ3n) is 2.76. The van der Waals surface area contributed by atoms with Gasteiger partial charge in [0.2, 0.25) is 0 Å². The number of hydrogen-bond acceptors (Lipinski definition) is 3. The van der Waals surface area contributed by atoms with Gasteiger partial charge in [-0.15, -0.1) is 0 Å². The lowest BCUT2D eigenvalue weighted by atomic mass is 10.1. The first kappa shape index (κ1) is 15.4. The molecule has 0 aliphatic heterocycles. The van der Waals surface area contributed by atoms with Crippen LogP contribution in [-0.4, -0.2) is 17.1 Å². The molecule has 1 heterocycles. The van der Waals surface area contributed by atoms with Gasteiger partial charge in [-0.3, -0.25) is 0 Å². The quantitative estimate of drug-likeness (QED) is 0.898. The first-order valence-corrected chi connectivity index (χ1v) is 7.26. The van der Waals surface area contributed by atoms with Crippen molar-refractivity contribution in [1.82, 2.24) is 10.3 Å². The number of benzene rings is 1. The van der Waals surface area contributed by atoms with Crippen LogP contribution in [0.25, 0.3) is 11.3 Å². The third kappa shape index (κ3) is 3.98. The zero-order valence-corrected chi connectivity index (χ0v) is 13.3. The molecule has 0 saturated heterocycles. The molecule has 0 saturated carbocycles. The highest BCUT2D eigenvalue weighted by atomic mass is 35.5. The summed E-state index contributed by atoms with van der Waals surface area (Å²) in [4.78, 5) is 4.27. The van der Waals surface area contributed by atoms with Crippen LogP contribution in [0.15, 0.2) is 28.8 Å². The van der Waals surface area contributed by atoms with Gasteiger partial charge < -0.3 is 9.73 Å². The van der Waals surface area contributed by atoms with Gasteiger partial charge in [-0.2, -0.15) is 0 Å². The average molecular weight is 313 g/mol. The summed E-state index contributed by atoms with van der Waals surface area (Å²) in [6, 6.07) is 5.46. The fraction of sp³-hybridized carbons (Fsp3) is 0.400. The maximum atomic E-state index is 6.17. The van der Waals surface area contributed by atoms with Crippen LogP contribution in [0.4, 0.5) is 0 Å². The lowest BCUT2D eigenvalue weighted by Gasteiger charge is -2.19. The lowest BCUT2D eigenvalue weighted by Crippen LogP contribution is -2.37. The van der Waals surface area contributed by atoms with Crippen molar-refractivity contribution < 1.29 is 4.42 Å².